The first-order chi connectivity index (χ1) is 8.80. The third-order valence-corrected chi connectivity index (χ3v) is 3.94. The maximum Gasteiger partial charge on any atom is 0.235 e. The van der Waals surface area contributed by atoms with Crippen LogP contribution in [-0.2, 0) is 21.4 Å². The van der Waals surface area contributed by atoms with Crippen molar-refractivity contribution in [3.63, 3.8) is 0 Å². The second-order valence-corrected chi connectivity index (χ2v) is 6.47. The molecule has 0 saturated heterocycles. The molecular formula is C12H19N3O3S. The predicted molar refractivity (Wildman–Crippen MR) is 72.8 cm³/mol. The van der Waals surface area contributed by atoms with E-state index in [0.29, 0.717) is 6.54 Å². The molecule has 7 heteroatoms. The summed E-state index contributed by atoms with van der Waals surface area (Å²) in [6.45, 7) is 3.66. The monoisotopic (exact) mass is 285 g/mol. The Bertz CT molecular complexity index is 514. The minimum absolute atomic E-state index is 0.165. The van der Waals surface area contributed by atoms with E-state index in [1.54, 1.807) is 38.4 Å². The molecule has 1 rings (SSSR count). The number of hydrogen-bond donors (Lipinski definition) is 1. The normalized spacial score (nSPS) is 11.8. The number of hydrogen-bond acceptors (Lipinski definition) is 4. The van der Waals surface area contributed by atoms with Crippen LogP contribution in [-0.4, -0.2) is 42.5 Å². The van der Waals surface area contributed by atoms with Crippen molar-refractivity contribution in [3.05, 3.63) is 30.1 Å². The van der Waals surface area contributed by atoms with Crippen LogP contribution in [0.4, 0.5) is 0 Å². The summed E-state index contributed by atoms with van der Waals surface area (Å²) in [6, 6.07) is 3.33. The van der Waals surface area contributed by atoms with E-state index in [1.165, 1.54) is 0 Å². The Morgan fingerprint density at radius 3 is 2.42 bits per heavy atom. The molecule has 0 atom stereocenters. The van der Waals surface area contributed by atoms with E-state index >= 15 is 0 Å². The zero-order chi connectivity index (χ0) is 14.5. The van der Waals surface area contributed by atoms with Crippen molar-refractivity contribution in [2.45, 2.75) is 26.4 Å². The van der Waals surface area contributed by atoms with Crippen molar-refractivity contribution in [3.8, 4) is 0 Å². The van der Waals surface area contributed by atoms with E-state index in [9.17, 15) is 13.2 Å². The molecule has 0 bridgehead atoms. The number of amides is 1. The quantitative estimate of drug-likeness (QED) is 0.819. The predicted octanol–water partition coefficient (Wildman–Crippen LogP) is 0.368. The van der Waals surface area contributed by atoms with Crippen LogP contribution in [0.15, 0.2) is 24.5 Å². The molecule has 0 aliphatic rings. The van der Waals surface area contributed by atoms with E-state index in [0.717, 1.165) is 16.1 Å². The Hall–Kier alpha value is -1.47. The number of carbonyl (C=O) groups excluding carboxylic acids is 1. The van der Waals surface area contributed by atoms with E-state index in [4.69, 9.17) is 0 Å². The molecule has 0 unspecified atom stereocenters. The summed E-state index contributed by atoms with van der Waals surface area (Å²) in [7, 11) is -3.38. The summed E-state index contributed by atoms with van der Waals surface area (Å²) in [5, 5.41) is 2.68. The average molecular weight is 285 g/mol. The van der Waals surface area contributed by atoms with Crippen LogP contribution in [0.3, 0.4) is 0 Å². The molecular weight excluding hydrogens is 266 g/mol. The van der Waals surface area contributed by atoms with Crippen molar-refractivity contribution in [2.24, 2.45) is 0 Å². The van der Waals surface area contributed by atoms with Gasteiger partial charge in [-0.1, -0.05) is 0 Å². The molecule has 106 valence electrons. The average Bonchev–Trinajstić information content (AvgIpc) is 2.33. The largest absolute Gasteiger partial charge is 0.351 e. The van der Waals surface area contributed by atoms with Crippen LogP contribution in [0.25, 0.3) is 0 Å². The molecule has 0 fully saturated rings. The highest BCUT2D eigenvalue weighted by atomic mass is 32.2. The minimum Gasteiger partial charge on any atom is -0.351 e. The fourth-order valence-electron chi connectivity index (χ4n) is 1.58. The second-order valence-electron chi connectivity index (χ2n) is 4.53. The summed E-state index contributed by atoms with van der Waals surface area (Å²) < 4.78 is 24.2. The lowest BCUT2D eigenvalue weighted by atomic mass is 10.3. The first-order valence-electron chi connectivity index (χ1n) is 5.93. The number of sulfonamides is 1. The molecule has 0 saturated carbocycles. The highest BCUT2D eigenvalue weighted by Crippen LogP contribution is 2.04. The smallest absolute Gasteiger partial charge is 0.235 e. The summed E-state index contributed by atoms with van der Waals surface area (Å²) in [4.78, 5) is 15.6. The zero-order valence-electron chi connectivity index (χ0n) is 11.3. The number of nitrogens with zero attached hydrogens (tertiary/aromatic N) is 2. The van der Waals surface area contributed by atoms with Crippen LogP contribution in [0, 0.1) is 0 Å². The summed E-state index contributed by atoms with van der Waals surface area (Å²) in [5.74, 6) is -0.323. The van der Waals surface area contributed by atoms with Gasteiger partial charge in [0.15, 0.2) is 0 Å². The van der Waals surface area contributed by atoms with Crippen molar-refractivity contribution in [1.29, 1.82) is 0 Å². The van der Waals surface area contributed by atoms with Gasteiger partial charge in [0.1, 0.15) is 0 Å². The molecule has 0 radical (unpaired) electrons. The standard InChI is InChI=1S/C12H19N3O3S/c1-10(2)15(19(3,17)18)9-12(16)14-8-11-4-6-13-7-5-11/h4-7,10H,8-9H2,1-3H3,(H,14,16). The molecule has 1 N–H and O–H groups in total. The van der Waals surface area contributed by atoms with Gasteiger partial charge in [0.25, 0.3) is 0 Å². The Morgan fingerprint density at radius 2 is 1.95 bits per heavy atom. The summed E-state index contributed by atoms with van der Waals surface area (Å²) in [5.41, 5.74) is 0.916. The maximum absolute atomic E-state index is 11.7. The SMILES string of the molecule is CC(C)N(CC(=O)NCc1ccncc1)S(C)(=O)=O. The van der Waals surface area contributed by atoms with Gasteiger partial charge in [-0.3, -0.25) is 9.78 Å². The van der Waals surface area contributed by atoms with Crippen molar-refractivity contribution in [1.82, 2.24) is 14.6 Å². The molecule has 0 aromatic carbocycles. The fourth-order valence-corrected chi connectivity index (χ4v) is 2.70. The van der Waals surface area contributed by atoms with Crippen LogP contribution < -0.4 is 5.32 Å². The molecule has 0 aliphatic heterocycles. The molecule has 1 aromatic rings. The number of carbonyl (C=O) groups is 1. The first-order valence-corrected chi connectivity index (χ1v) is 7.78. The Kier molecular flexibility index (Phi) is 5.44. The molecule has 0 aliphatic carbocycles. The Morgan fingerprint density at radius 1 is 1.37 bits per heavy atom. The van der Waals surface area contributed by atoms with Gasteiger partial charge >= 0.3 is 0 Å². The number of aromatic nitrogens is 1. The lowest BCUT2D eigenvalue weighted by Gasteiger charge is -2.23. The van der Waals surface area contributed by atoms with Crippen molar-refractivity contribution in [2.75, 3.05) is 12.8 Å². The van der Waals surface area contributed by atoms with Crippen LogP contribution in [0.1, 0.15) is 19.4 Å². The van der Waals surface area contributed by atoms with Crippen LogP contribution >= 0.6 is 0 Å². The number of rotatable bonds is 6. The van der Waals surface area contributed by atoms with Gasteiger partial charge in [-0.25, -0.2) is 8.42 Å². The van der Waals surface area contributed by atoms with E-state index in [-0.39, 0.29) is 18.5 Å². The lowest BCUT2D eigenvalue weighted by Crippen LogP contribution is -2.43. The highest BCUT2D eigenvalue weighted by Gasteiger charge is 2.22. The third-order valence-electron chi connectivity index (χ3n) is 2.54. The van der Waals surface area contributed by atoms with Crippen LogP contribution in [0.2, 0.25) is 0 Å². The fraction of sp³-hybridized carbons (Fsp3) is 0.500. The van der Waals surface area contributed by atoms with Gasteiger partial charge in [0, 0.05) is 25.0 Å². The van der Waals surface area contributed by atoms with Crippen molar-refractivity contribution >= 4 is 15.9 Å². The Balaban J connectivity index is 2.55. The van der Waals surface area contributed by atoms with Crippen LogP contribution in [0.5, 0.6) is 0 Å². The maximum atomic E-state index is 11.7. The topological polar surface area (TPSA) is 79.4 Å². The second kappa shape index (κ2) is 6.63. The molecule has 19 heavy (non-hydrogen) atoms. The summed E-state index contributed by atoms with van der Waals surface area (Å²) >= 11 is 0. The minimum atomic E-state index is -3.38. The zero-order valence-corrected chi connectivity index (χ0v) is 12.1. The van der Waals surface area contributed by atoms with Gasteiger partial charge in [-0.2, -0.15) is 4.31 Å². The Labute approximate surface area is 113 Å². The molecule has 1 heterocycles. The van der Waals surface area contributed by atoms with Crippen molar-refractivity contribution < 1.29 is 13.2 Å². The third kappa shape index (κ3) is 5.35. The molecule has 0 spiro atoms. The van der Waals surface area contributed by atoms with Gasteiger partial charge < -0.3 is 5.32 Å². The van der Waals surface area contributed by atoms with E-state index in [1.807, 2.05) is 0 Å². The molecule has 6 nitrogen and oxygen atoms in total. The lowest BCUT2D eigenvalue weighted by molar-refractivity contribution is -0.121. The van der Waals surface area contributed by atoms with Gasteiger partial charge in [-0.05, 0) is 31.5 Å². The molecule has 1 amide bonds. The molecule has 1 aromatic heterocycles. The van der Waals surface area contributed by atoms with Gasteiger partial charge in [0.05, 0.1) is 12.8 Å². The van der Waals surface area contributed by atoms with E-state index in [2.05, 4.69) is 10.3 Å². The highest BCUT2D eigenvalue weighted by molar-refractivity contribution is 7.88. The van der Waals surface area contributed by atoms with E-state index < -0.39 is 10.0 Å². The van der Waals surface area contributed by atoms with Gasteiger partial charge in [0.2, 0.25) is 15.9 Å². The number of nitrogens with one attached hydrogen (secondary N) is 1. The first kappa shape index (κ1) is 15.6. The van der Waals surface area contributed by atoms with Gasteiger partial charge in [-0.15, -0.1) is 0 Å². The summed E-state index contributed by atoms with van der Waals surface area (Å²) in [6.07, 6.45) is 4.37. The number of pyridine rings is 1.